The van der Waals surface area contributed by atoms with E-state index in [0.29, 0.717) is 12.2 Å². The normalized spacial score (nSPS) is 36.0. The maximum absolute atomic E-state index is 5.82. The summed E-state index contributed by atoms with van der Waals surface area (Å²) in [4.78, 5) is 0. The van der Waals surface area contributed by atoms with Gasteiger partial charge >= 0.3 is 8.56 Å². The lowest BCUT2D eigenvalue weighted by molar-refractivity contribution is 0.148. The highest BCUT2D eigenvalue weighted by Crippen LogP contribution is 2.28. The fourth-order valence-electron chi connectivity index (χ4n) is 1.60. The summed E-state index contributed by atoms with van der Waals surface area (Å²) in [6.07, 6.45) is 2.88. The molecule has 1 fully saturated rings. The minimum absolute atomic E-state index is 0.363. The molecule has 0 radical (unpaired) electrons. The van der Waals surface area contributed by atoms with Gasteiger partial charge in [0.25, 0.3) is 0 Å². The zero-order chi connectivity index (χ0) is 8.48. The lowest BCUT2D eigenvalue weighted by Crippen LogP contribution is -2.28. The second-order valence-corrected chi connectivity index (χ2v) is 6.80. The molecule has 0 N–H and O–H groups in total. The molecule has 0 aromatic carbocycles. The average Bonchev–Trinajstić information content (AvgIpc) is 2.25. The summed E-state index contributed by atoms with van der Waals surface area (Å²) in [5, 5.41) is 0. The van der Waals surface area contributed by atoms with E-state index in [1.807, 2.05) is 0 Å². The maximum Gasteiger partial charge on any atom is 0.332 e. The van der Waals surface area contributed by atoms with E-state index in [2.05, 4.69) is 26.9 Å². The topological polar surface area (TPSA) is 18.5 Å². The molecule has 0 aromatic heterocycles. The standard InChI is InChI=1S/C8H18O2Si/c1-5-7-8(6-2)10-11(3,4)9-7/h7-8H,5-6H2,1-4H3. The third-order valence-corrected chi connectivity index (χ3v) is 3.83. The van der Waals surface area contributed by atoms with E-state index in [9.17, 15) is 0 Å². The Morgan fingerprint density at radius 3 is 1.64 bits per heavy atom. The van der Waals surface area contributed by atoms with Gasteiger partial charge in [-0.25, -0.2) is 0 Å². The van der Waals surface area contributed by atoms with Crippen molar-refractivity contribution in [1.82, 2.24) is 0 Å². The predicted octanol–water partition coefficient (Wildman–Crippen LogP) is 2.29. The molecule has 2 atom stereocenters. The quantitative estimate of drug-likeness (QED) is 0.598. The van der Waals surface area contributed by atoms with E-state index in [4.69, 9.17) is 8.85 Å². The minimum Gasteiger partial charge on any atom is -0.389 e. The van der Waals surface area contributed by atoms with Crippen LogP contribution in [-0.4, -0.2) is 20.8 Å². The third kappa shape index (κ3) is 2.04. The SMILES string of the molecule is CCC1O[Si](C)(C)OC1CC. The predicted molar refractivity (Wildman–Crippen MR) is 47.8 cm³/mol. The zero-order valence-corrected chi connectivity index (χ0v) is 8.89. The van der Waals surface area contributed by atoms with E-state index in [1.54, 1.807) is 0 Å². The van der Waals surface area contributed by atoms with Crippen LogP contribution in [0.25, 0.3) is 0 Å². The van der Waals surface area contributed by atoms with E-state index in [-0.39, 0.29) is 0 Å². The highest BCUT2D eigenvalue weighted by atomic mass is 28.4. The monoisotopic (exact) mass is 174 g/mol. The molecule has 11 heavy (non-hydrogen) atoms. The van der Waals surface area contributed by atoms with E-state index in [0.717, 1.165) is 12.8 Å². The second-order valence-electron chi connectivity index (χ2n) is 3.53. The van der Waals surface area contributed by atoms with Gasteiger partial charge in [-0.15, -0.1) is 0 Å². The van der Waals surface area contributed by atoms with Gasteiger partial charge in [0.1, 0.15) is 0 Å². The summed E-state index contributed by atoms with van der Waals surface area (Å²) >= 11 is 0. The highest BCUT2D eigenvalue weighted by Gasteiger charge is 2.41. The second kappa shape index (κ2) is 3.25. The molecule has 0 saturated carbocycles. The molecule has 1 rings (SSSR count). The summed E-state index contributed by atoms with van der Waals surface area (Å²) in [5.74, 6) is 0. The first-order valence-electron chi connectivity index (χ1n) is 4.44. The summed E-state index contributed by atoms with van der Waals surface area (Å²) < 4.78 is 11.6. The molecule has 1 saturated heterocycles. The Bertz CT molecular complexity index is 122. The number of hydrogen-bond acceptors (Lipinski definition) is 2. The molecule has 1 aliphatic rings. The molecule has 0 bridgehead atoms. The fraction of sp³-hybridized carbons (Fsp3) is 1.00. The van der Waals surface area contributed by atoms with E-state index >= 15 is 0 Å². The van der Waals surface area contributed by atoms with Crippen LogP contribution >= 0.6 is 0 Å². The van der Waals surface area contributed by atoms with Crippen molar-refractivity contribution in [3.05, 3.63) is 0 Å². The number of rotatable bonds is 2. The Morgan fingerprint density at radius 1 is 1.00 bits per heavy atom. The summed E-state index contributed by atoms with van der Waals surface area (Å²) in [7, 11) is -1.71. The van der Waals surface area contributed by atoms with E-state index < -0.39 is 8.56 Å². The first-order valence-corrected chi connectivity index (χ1v) is 7.26. The average molecular weight is 174 g/mol. The first-order chi connectivity index (χ1) is 5.09. The molecule has 0 aromatic rings. The maximum atomic E-state index is 5.82. The van der Waals surface area contributed by atoms with Gasteiger partial charge in [0, 0.05) is 0 Å². The van der Waals surface area contributed by atoms with Gasteiger partial charge in [-0.1, -0.05) is 13.8 Å². The Morgan fingerprint density at radius 2 is 1.36 bits per heavy atom. The van der Waals surface area contributed by atoms with Crippen LogP contribution in [0.2, 0.25) is 13.1 Å². The Balaban J connectivity index is 2.55. The van der Waals surface area contributed by atoms with Crippen LogP contribution in [0.5, 0.6) is 0 Å². The molecular formula is C8H18O2Si. The van der Waals surface area contributed by atoms with Crippen molar-refractivity contribution in [2.75, 3.05) is 0 Å². The summed E-state index contributed by atoms with van der Waals surface area (Å²) in [6.45, 7) is 8.55. The smallest absolute Gasteiger partial charge is 0.332 e. The van der Waals surface area contributed by atoms with Crippen LogP contribution in [0.15, 0.2) is 0 Å². The highest BCUT2D eigenvalue weighted by molar-refractivity contribution is 6.65. The van der Waals surface area contributed by atoms with Crippen molar-refractivity contribution in [1.29, 1.82) is 0 Å². The molecule has 2 nitrogen and oxygen atoms in total. The van der Waals surface area contributed by atoms with Gasteiger partial charge in [0.2, 0.25) is 0 Å². The Labute approximate surface area is 70.1 Å². The molecular weight excluding hydrogens is 156 g/mol. The van der Waals surface area contributed by atoms with Gasteiger partial charge in [-0.2, -0.15) is 0 Å². The summed E-state index contributed by atoms with van der Waals surface area (Å²) in [5.41, 5.74) is 0. The van der Waals surface area contributed by atoms with Crippen molar-refractivity contribution in [3.8, 4) is 0 Å². The molecule has 2 unspecified atom stereocenters. The Hall–Kier alpha value is 0.137. The molecule has 1 aliphatic heterocycles. The van der Waals surface area contributed by atoms with Crippen molar-refractivity contribution in [3.63, 3.8) is 0 Å². The van der Waals surface area contributed by atoms with Crippen molar-refractivity contribution >= 4 is 8.56 Å². The van der Waals surface area contributed by atoms with Crippen molar-refractivity contribution < 1.29 is 8.85 Å². The van der Waals surface area contributed by atoms with Crippen LogP contribution in [0.3, 0.4) is 0 Å². The van der Waals surface area contributed by atoms with Crippen LogP contribution in [-0.2, 0) is 8.85 Å². The molecule has 3 heteroatoms. The van der Waals surface area contributed by atoms with Gasteiger partial charge in [-0.3, -0.25) is 0 Å². The molecule has 66 valence electrons. The minimum atomic E-state index is -1.71. The zero-order valence-electron chi connectivity index (χ0n) is 7.89. The van der Waals surface area contributed by atoms with Gasteiger partial charge in [0.05, 0.1) is 12.2 Å². The van der Waals surface area contributed by atoms with Gasteiger partial charge in [0.15, 0.2) is 0 Å². The van der Waals surface area contributed by atoms with Crippen molar-refractivity contribution in [2.24, 2.45) is 0 Å². The molecule has 1 heterocycles. The van der Waals surface area contributed by atoms with Gasteiger partial charge < -0.3 is 8.85 Å². The molecule has 0 amide bonds. The first kappa shape index (κ1) is 9.23. The fourth-order valence-corrected chi connectivity index (χ4v) is 3.75. The molecule has 0 spiro atoms. The van der Waals surface area contributed by atoms with Crippen LogP contribution in [0.1, 0.15) is 26.7 Å². The van der Waals surface area contributed by atoms with Crippen LogP contribution in [0, 0.1) is 0 Å². The van der Waals surface area contributed by atoms with Crippen molar-refractivity contribution in [2.45, 2.75) is 52.0 Å². The van der Waals surface area contributed by atoms with Crippen LogP contribution in [0.4, 0.5) is 0 Å². The van der Waals surface area contributed by atoms with Crippen LogP contribution < -0.4 is 0 Å². The summed E-state index contributed by atoms with van der Waals surface area (Å²) in [6, 6.07) is 0. The lowest BCUT2D eigenvalue weighted by Gasteiger charge is -2.12. The van der Waals surface area contributed by atoms with Gasteiger partial charge in [-0.05, 0) is 25.9 Å². The van der Waals surface area contributed by atoms with E-state index in [1.165, 1.54) is 0 Å². The Kier molecular flexibility index (Phi) is 2.73. The largest absolute Gasteiger partial charge is 0.389 e. The lowest BCUT2D eigenvalue weighted by atomic mass is 10.1. The number of hydrogen-bond donors (Lipinski definition) is 0. The molecule has 0 aliphatic carbocycles. The third-order valence-electron chi connectivity index (χ3n) is 2.09.